The molecule has 3 rings (SSSR count). The van der Waals surface area contributed by atoms with Crippen molar-refractivity contribution in [3.05, 3.63) is 17.9 Å². The SMILES string of the molecule is COc1cc(F)c(S(=O)(=O)N(C2CC2)[C@H]2CCS(=O)(=O)C2)cc1OC. The van der Waals surface area contributed by atoms with Crippen molar-refractivity contribution in [1.29, 1.82) is 0 Å². The number of rotatable bonds is 6. The van der Waals surface area contributed by atoms with Crippen molar-refractivity contribution in [1.82, 2.24) is 4.31 Å². The number of benzene rings is 1. The fourth-order valence-electron chi connectivity index (χ4n) is 3.14. The Hall–Kier alpha value is -1.39. The Balaban J connectivity index is 2.05. The summed E-state index contributed by atoms with van der Waals surface area (Å²) in [7, 11) is -4.82. The number of ether oxygens (including phenoxy) is 2. The monoisotopic (exact) mass is 393 g/mol. The van der Waals surface area contributed by atoms with Gasteiger partial charge in [0.2, 0.25) is 10.0 Å². The third-order valence-corrected chi connectivity index (χ3v) is 8.24. The van der Waals surface area contributed by atoms with Crippen LogP contribution in [0.15, 0.2) is 17.0 Å². The van der Waals surface area contributed by atoms with Crippen molar-refractivity contribution in [3.8, 4) is 11.5 Å². The minimum absolute atomic E-state index is 0.0508. The maximum atomic E-state index is 14.5. The van der Waals surface area contributed by atoms with Gasteiger partial charge in [-0.1, -0.05) is 0 Å². The first-order valence-electron chi connectivity index (χ1n) is 7.85. The minimum Gasteiger partial charge on any atom is -0.493 e. The summed E-state index contributed by atoms with van der Waals surface area (Å²) in [6, 6.07) is 1.11. The molecule has 10 heteroatoms. The normalized spacial score (nSPS) is 23.0. The Kier molecular flexibility index (Phi) is 4.71. The Labute approximate surface area is 146 Å². The van der Waals surface area contributed by atoms with E-state index in [0.29, 0.717) is 12.8 Å². The minimum atomic E-state index is -4.20. The van der Waals surface area contributed by atoms with Crippen LogP contribution >= 0.6 is 0 Å². The van der Waals surface area contributed by atoms with Crippen LogP contribution in [0.4, 0.5) is 4.39 Å². The molecule has 1 aliphatic carbocycles. The van der Waals surface area contributed by atoms with Crippen LogP contribution in [0.5, 0.6) is 11.5 Å². The Morgan fingerprint density at radius 2 is 1.68 bits per heavy atom. The van der Waals surface area contributed by atoms with E-state index in [1.165, 1.54) is 18.5 Å². The lowest BCUT2D eigenvalue weighted by Crippen LogP contribution is -2.43. The highest BCUT2D eigenvalue weighted by Gasteiger charge is 2.47. The summed E-state index contributed by atoms with van der Waals surface area (Å²) in [5, 5.41) is 0. The molecule has 1 aromatic carbocycles. The predicted molar refractivity (Wildman–Crippen MR) is 88.6 cm³/mol. The molecule has 140 valence electrons. The summed E-state index contributed by atoms with van der Waals surface area (Å²) in [6.07, 6.45) is 1.52. The second kappa shape index (κ2) is 6.40. The van der Waals surface area contributed by atoms with Gasteiger partial charge in [-0.2, -0.15) is 4.31 Å². The third-order valence-electron chi connectivity index (χ3n) is 4.47. The van der Waals surface area contributed by atoms with E-state index in [1.807, 2.05) is 0 Å². The Bertz CT molecular complexity index is 880. The number of sulfonamides is 1. The van der Waals surface area contributed by atoms with Gasteiger partial charge in [0.15, 0.2) is 21.3 Å². The molecular weight excluding hydrogens is 373 g/mol. The van der Waals surface area contributed by atoms with Crippen LogP contribution in [0, 0.1) is 5.82 Å². The standard InChI is InChI=1S/C15H20FNO6S2/c1-22-13-7-12(16)15(8-14(13)23-2)25(20,21)17(10-3-4-10)11-5-6-24(18,19)9-11/h7-8,10-11H,3-6,9H2,1-2H3/t11-/m0/s1. The van der Waals surface area contributed by atoms with Gasteiger partial charge in [-0.25, -0.2) is 21.2 Å². The molecule has 0 spiro atoms. The molecule has 0 aromatic heterocycles. The number of sulfone groups is 1. The van der Waals surface area contributed by atoms with Gasteiger partial charge < -0.3 is 9.47 Å². The Morgan fingerprint density at radius 3 is 2.16 bits per heavy atom. The predicted octanol–water partition coefficient (Wildman–Crippen LogP) is 1.18. The van der Waals surface area contributed by atoms with Crippen LogP contribution in [-0.2, 0) is 19.9 Å². The average Bonchev–Trinajstić information content (AvgIpc) is 3.30. The molecule has 0 N–H and O–H groups in total. The van der Waals surface area contributed by atoms with Crippen molar-refractivity contribution >= 4 is 19.9 Å². The third kappa shape index (κ3) is 3.47. The van der Waals surface area contributed by atoms with Gasteiger partial charge in [-0.3, -0.25) is 0 Å². The molecule has 1 aromatic rings. The smallest absolute Gasteiger partial charge is 0.246 e. The second-order valence-corrected chi connectivity index (χ2v) is 10.3. The zero-order chi connectivity index (χ0) is 18.4. The van der Waals surface area contributed by atoms with Crippen LogP contribution in [-0.4, -0.2) is 58.9 Å². The van der Waals surface area contributed by atoms with E-state index < -0.39 is 36.6 Å². The van der Waals surface area contributed by atoms with Crippen molar-refractivity contribution in [3.63, 3.8) is 0 Å². The summed E-state index contributed by atoms with van der Waals surface area (Å²) >= 11 is 0. The largest absolute Gasteiger partial charge is 0.493 e. The molecule has 1 atom stereocenters. The van der Waals surface area contributed by atoms with Crippen LogP contribution < -0.4 is 9.47 Å². The fourth-order valence-corrected chi connectivity index (χ4v) is 6.91. The van der Waals surface area contributed by atoms with Gasteiger partial charge >= 0.3 is 0 Å². The first-order chi connectivity index (χ1) is 11.7. The number of nitrogens with zero attached hydrogens (tertiary/aromatic N) is 1. The molecule has 0 amide bonds. The molecule has 7 nitrogen and oxygen atoms in total. The summed E-state index contributed by atoms with van der Waals surface area (Å²) < 4.78 is 75.4. The van der Waals surface area contributed by atoms with Crippen molar-refractivity contribution < 1.29 is 30.7 Å². The van der Waals surface area contributed by atoms with Crippen LogP contribution in [0.3, 0.4) is 0 Å². The zero-order valence-corrected chi connectivity index (χ0v) is 15.6. The molecule has 0 unspecified atom stereocenters. The summed E-state index contributed by atoms with van der Waals surface area (Å²) in [5.41, 5.74) is 0. The topological polar surface area (TPSA) is 90.0 Å². The van der Waals surface area contributed by atoms with Crippen LogP contribution in [0.1, 0.15) is 19.3 Å². The average molecular weight is 393 g/mol. The number of halogens is 1. The van der Waals surface area contributed by atoms with E-state index in [-0.39, 0.29) is 35.5 Å². The van der Waals surface area contributed by atoms with Gasteiger partial charge in [0, 0.05) is 24.2 Å². The van der Waals surface area contributed by atoms with Crippen molar-refractivity contribution in [2.24, 2.45) is 0 Å². The summed E-state index contributed by atoms with van der Waals surface area (Å²) in [6.45, 7) is 0. The summed E-state index contributed by atoms with van der Waals surface area (Å²) in [5.74, 6) is -1.05. The lowest BCUT2D eigenvalue weighted by atomic mass is 10.2. The maximum absolute atomic E-state index is 14.5. The quantitative estimate of drug-likeness (QED) is 0.721. The van der Waals surface area contributed by atoms with E-state index in [4.69, 9.17) is 9.47 Å². The number of hydrogen-bond donors (Lipinski definition) is 0. The first-order valence-corrected chi connectivity index (χ1v) is 11.1. The highest BCUT2D eigenvalue weighted by Crippen LogP contribution is 2.39. The van der Waals surface area contributed by atoms with Gasteiger partial charge in [0.05, 0.1) is 25.7 Å². The molecule has 2 aliphatic rings. The fraction of sp³-hybridized carbons (Fsp3) is 0.600. The number of methoxy groups -OCH3 is 2. The number of hydrogen-bond acceptors (Lipinski definition) is 6. The van der Waals surface area contributed by atoms with Crippen molar-refractivity contribution in [2.45, 2.75) is 36.2 Å². The van der Waals surface area contributed by atoms with E-state index >= 15 is 0 Å². The molecule has 2 fully saturated rings. The van der Waals surface area contributed by atoms with E-state index in [1.54, 1.807) is 0 Å². The molecule has 1 saturated carbocycles. The molecule has 25 heavy (non-hydrogen) atoms. The molecule has 1 aliphatic heterocycles. The lowest BCUT2D eigenvalue weighted by Gasteiger charge is -2.27. The Morgan fingerprint density at radius 1 is 1.08 bits per heavy atom. The van der Waals surface area contributed by atoms with E-state index in [9.17, 15) is 21.2 Å². The maximum Gasteiger partial charge on any atom is 0.246 e. The first kappa shape index (κ1) is 18.4. The van der Waals surface area contributed by atoms with Gasteiger partial charge in [0.25, 0.3) is 0 Å². The van der Waals surface area contributed by atoms with Crippen molar-refractivity contribution in [2.75, 3.05) is 25.7 Å². The van der Waals surface area contributed by atoms with Gasteiger partial charge in [-0.15, -0.1) is 0 Å². The zero-order valence-electron chi connectivity index (χ0n) is 13.9. The molecule has 0 bridgehead atoms. The molecule has 0 radical (unpaired) electrons. The van der Waals surface area contributed by atoms with Gasteiger partial charge in [-0.05, 0) is 19.3 Å². The molecule has 1 saturated heterocycles. The second-order valence-electron chi connectivity index (χ2n) is 6.26. The highest BCUT2D eigenvalue weighted by atomic mass is 32.2. The lowest BCUT2D eigenvalue weighted by molar-refractivity contribution is 0.328. The van der Waals surface area contributed by atoms with Gasteiger partial charge in [0.1, 0.15) is 10.7 Å². The van der Waals surface area contributed by atoms with E-state index in [2.05, 4.69) is 0 Å². The van der Waals surface area contributed by atoms with Crippen LogP contribution in [0.2, 0.25) is 0 Å². The highest BCUT2D eigenvalue weighted by molar-refractivity contribution is 7.92. The molecular formula is C15H20FNO6S2. The van der Waals surface area contributed by atoms with Crippen LogP contribution in [0.25, 0.3) is 0 Å². The molecule has 1 heterocycles. The summed E-state index contributed by atoms with van der Waals surface area (Å²) in [4.78, 5) is -0.527. The van der Waals surface area contributed by atoms with E-state index in [0.717, 1.165) is 12.1 Å².